The third-order valence-corrected chi connectivity index (χ3v) is 3.95. The van der Waals surface area contributed by atoms with Crippen molar-refractivity contribution < 1.29 is 9.59 Å². The summed E-state index contributed by atoms with van der Waals surface area (Å²) in [6.07, 6.45) is 0. The van der Waals surface area contributed by atoms with Gasteiger partial charge in [0.1, 0.15) is 0 Å². The van der Waals surface area contributed by atoms with Gasteiger partial charge >= 0.3 is 0 Å². The van der Waals surface area contributed by atoms with Gasteiger partial charge < -0.3 is 16.0 Å². The summed E-state index contributed by atoms with van der Waals surface area (Å²) in [4.78, 5) is 23.6. The van der Waals surface area contributed by atoms with E-state index in [1.54, 1.807) is 12.1 Å². The van der Waals surface area contributed by atoms with Crippen LogP contribution in [0.5, 0.6) is 0 Å². The van der Waals surface area contributed by atoms with E-state index in [1.165, 1.54) is 0 Å². The molecule has 3 N–H and O–H groups in total. The normalized spacial score (nSPS) is 15.9. The second kappa shape index (κ2) is 7.22. The lowest BCUT2D eigenvalue weighted by molar-refractivity contribution is -0.126. The van der Waals surface area contributed by atoms with Crippen molar-refractivity contribution in [3.8, 4) is 0 Å². The molecule has 1 unspecified atom stereocenters. The van der Waals surface area contributed by atoms with Gasteiger partial charge in [0, 0.05) is 24.6 Å². The van der Waals surface area contributed by atoms with Gasteiger partial charge in [-0.2, -0.15) is 0 Å². The number of nitrogens with one attached hydrogen (secondary N) is 3. The molecule has 5 nitrogen and oxygen atoms in total. The molecule has 2 amide bonds. The smallest absolute Gasteiger partial charge is 0.251 e. The molecule has 2 rings (SSSR count). The van der Waals surface area contributed by atoms with Crippen molar-refractivity contribution in [3.63, 3.8) is 0 Å². The zero-order chi connectivity index (χ0) is 15.2. The van der Waals surface area contributed by atoms with Crippen LogP contribution in [-0.4, -0.2) is 31.4 Å². The van der Waals surface area contributed by atoms with Crippen molar-refractivity contribution in [3.05, 3.63) is 35.4 Å². The third-order valence-electron chi connectivity index (χ3n) is 3.95. The van der Waals surface area contributed by atoms with Crippen molar-refractivity contribution in [2.75, 3.05) is 19.6 Å². The van der Waals surface area contributed by atoms with Gasteiger partial charge in [-0.3, -0.25) is 9.59 Å². The summed E-state index contributed by atoms with van der Waals surface area (Å²) < 4.78 is 0. The Balaban J connectivity index is 1.83. The van der Waals surface area contributed by atoms with Crippen LogP contribution < -0.4 is 16.0 Å². The van der Waals surface area contributed by atoms with Crippen molar-refractivity contribution >= 4 is 11.8 Å². The Bertz CT molecular complexity index is 495. The fourth-order valence-electron chi connectivity index (χ4n) is 2.27. The van der Waals surface area contributed by atoms with Gasteiger partial charge in [-0.25, -0.2) is 0 Å². The van der Waals surface area contributed by atoms with E-state index in [4.69, 9.17) is 0 Å². The maximum absolute atomic E-state index is 12.0. The molecule has 0 radical (unpaired) electrons. The first-order valence-electron chi connectivity index (χ1n) is 7.47. The molecular weight excluding hydrogens is 266 g/mol. The molecule has 1 aliphatic heterocycles. The van der Waals surface area contributed by atoms with Crippen LogP contribution in [0.25, 0.3) is 0 Å². The topological polar surface area (TPSA) is 70.2 Å². The van der Waals surface area contributed by atoms with Crippen LogP contribution in [0.3, 0.4) is 0 Å². The Kier molecular flexibility index (Phi) is 5.33. The predicted molar refractivity (Wildman–Crippen MR) is 81.8 cm³/mol. The lowest BCUT2D eigenvalue weighted by atomic mass is 9.88. The number of rotatable bonds is 6. The summed E-state index contributed by atoms with van der Waals surface area (Å²) in [5.41, 5.74) is 1.64. The molecule has 1 heterocycles. The Labute approximate surface area is 125 Å². The minimum atomic E-state index is -0.0702. The zero-order valence-electron chi connectivity index (χ0n) is 12.6. The second-order valence-electron chi connectivity index (χ2n) is 5.48. The Morgan fingerprint density at radius 1 is 1.24 bits per heavy atom. The van der Waals surface area contributed by atoms with Crippen LogP contribution in [0.2, 0.25) is 0 Å². The Hall–Kier alpha value is -1.88. The van der Waals surface area contributed by atoms with Gasteiger partial charge in [0.2, 0.25) is 5.91 Å². The van der Waals surface area contributed by atoms with Crippen LogP contribution in [0.4, 0.5) is 0 Å². The van der Waals surface area contributed by atoms with Crippen molar-refractivity contribution in [2.45, 2.75) is 20.4 Å². The maximum atomic E-state index is 12.0. The number of carbonyl (C=O) groups excluding carboxylic acids is 2. The van der Waals surface area contributed by atoms with E-state index in [9.17, 15) is 9.59 Å². The van der Waals surface area contributed by atoms with Gasteiger partial charge in [-0.15, -0.1) is 0 Å². The molecule has 1 aromatic rings. The molecule has 1 aliphatic rings. The number of benzene rings is 1. The van der Waals surface area contributed by atoms with Crippen LogP contribution in [0, 0.1) is 11.8 Å². The molecule has 1 saturated heterocycles. The number of carbonyl (C=O) groups is 2. The molecule has 114 valence electrons. The molecule has 0 saturated carbocycles. The second-order valence-corrected chi connectivity index (χ2v) is 5.48. The number of hydrogen-bond donors (Lipinski definition) is 3. The maximum Gasteiger partial charge on any atom is 0.251 e. The van der Waals surface area contributed by atoms with E-state index in [2.05, 4.69) is 16.0 Å². The number of amides is 2. The SMILES string of the molecule is CCNC(=O)c1ccc(CNC(=O)C(C)C2CNC2)cc1. The first kappa shape index (κ1) is 15.5. The molecule has 0 spiro atoms. The van der Waals surface area contributed by atoms with Gasteiger partial charge in [0.05, 0.1) is 0 Å². The fraction of sp³-hybridized carbons (Fsp3) is 0.500. The van der Waals surface area contributed by atoms with E-state index in [-0.39, 0.29) is 17.7 Å². The summed E-state index contributed by atoms with van der Waals surface area (Å²) in [6.45, 7) is 6.83. The van der Waals surface area contributed by atoms with E-state index < -0.39 is 0 Å². The quantitative estimate of drug-likeness (QED) is 0.729. The van der Waals surface area contributed by atoms with Crippen molar-refractivity contribution in [1.82, 2.24) is 16.0 Å². The third kappa shape index (κ3) is 4.04. The zero-order valence-corrected chi connectivity index (χ0v) is 12.6. The van der Waals surface area contributed by atoms with E-state index in [1.807, 2.05) is 26.0 Å². The molecule has 21 heavy (non-hydrogen) atoms. The minimum absolute atomic E-state index is 0.0425. The average Bonchev–Trinajstić information content (AvgIpc) is 2.43. The van der Waals surface area contributed by atoms with E-state index in [0.717, 1.165) is 18.7 Å². The summed E-state index contributed by atoms with van der Waals surface area (Å²) in [5.74, 6) is 0.513. The fourth-order valence-corrected chi connectivity index (χ4v) is 2.27. The molecule has 0 aromatic heterocycles. The van der Waals surface area contributed by atoms with Crippen LogP contribution in [0.15, 0.2) is 24.3 Å². The average molecular weight is 289 g/mol. The van der Waals surface area contributed by atoms with Gasteiger partial charge in [-0.1, -0.05) is 19.1 Å². The molecule has 0 bridgehead atoms. The highest BCUT2D eigenvalue weighted by Gasteiger charge is 2.28. The summed E-state index contributed by atoms with van der Waals surface area (Å²) in [6, 6.07) is 7.32. The lowest BCUT2D eigenvalue weighted by Gasteiger charge is -2.31. The first-order chi connectivity index (χ1) is 10.1. The first-order valence-corrected chi connectivity index (χ1v) is 7.47. The Morgan fingerprint density at radius 2 is 1.90 bits per heavy atom. The lowest BCUT2D eigenvalue weighted by Crippen LogP contribution is -2.49. The molecule has 5 heteroatoms. The van der Waals surface area contributed by atoms with E-state index >= 15 is 0 Å². The Morgan fingerprint density at radius 3 is 2.43 bits per heavy atom. The molecular formula is C16H23N3O2. The predicted octanol–water partition coefficient (Wildman–Crippen LogP) is 0.908. The van der Waals surface area contributed by atoms with Crippen LogP contribution >= 0.6 is 0 Å². The van der Waals surface area contributed by atoms with Crippen LogP contribution in [-0.2, 0) is 11.3 Å². The van der Waals surface area contributed by atoms with Crippen LogP contribution in [0.1, 0.15) is 29.8 Å². The van der Waals surface area contributed by atoms with Crippen molar-refractivity contribution in [1.29, 1.82) is 0 Å². The summed E-state index contributed by atoms with van der Waals surface area (Å²) in [7, 11) is 0. The highest BCUT2D eigenvalue weighted by molar-refractivity contribution is 5.94. The monoisotopic (exact) mass is 289 g/mol. The summed E-state index contributed by atoms with van der Waals surface area (Å²) in [5, 5.41) is 8.89. The highest BCUT2D eigenvalue weighted by atomic mass is 16.2. The molecule has 1 fully saturated rings. The number of hydrogen-bond acceptors (Lipinski definition) is 3. The van der Waals surface area contributed by atoms with Crippen molar-refractivity contribution in [2.24, 2.45) is 11.8 Å². The largest absolute Gasteiger partial charge is 0.352 e. The van der Waals surface area contributed by atoms with Gasteiger partial charge in [-0.05, 0) is 43.6 Å². The van der Waals surface area contributed by atoms with Gasteiger partial charge in [0.15, 0.2) is 0 Å². The summed E-state index contributed by atoms with van der Waals surface area (Å²) >= 11 is 0. The molecule has 0 aliphatic carbocycles. The standard InChI is InChI=1S/C16H23N3O2/c1-3-18-16(21)13-6-4-12(5-7-13)8-19-15(20)11(2)14-9-17-10-14/h4-7,11,14,17H,3,8-10H2,1-2H3,(H,18,21)(H,19,20). The van der Waals surface area contributed by atoms with E-state index in [0.29, 0.717) is 24.6 Å². The minimum Gasteiger partial charge on any atom is -0.352 e. The molecule has 1 atom stereocenters. The highest BCUT2D eigenvalue weighted by Crippen LogP contribution is 2.16. The van der Waals surface area contributed by atoms with Gasteiger partial charge in [0.25, 0.3) is 5.91 Å². The molecule has 1 aromatic carbocycles.